The molecule has 0 aromatic heterocycles. The number of hydrogen-bond acceptors (Lipinski definition) is 2. The molecular formula is C11H18ClNO2S. The molecule has 16 heavy (non-hydrogen) atoms. The van der Waals surface area contributed by atoms with Crippen LogP contribution in [0.25, 0.3) is 0 Å². The number of hydrogen-bond donors (Lipinski definition) is 1. The summed E-state index contributed by atoms with van der Waals surface area (Å²) in [6.45, 7) is 0. The number of alkyl halides is 1. The second kappa shape index (κ2) is 3.59. The molecule has 4 saturated carbocycles. The summed E-state index contributed by atoms with van der Waals surface area (Å²) in [5.74, 6) is 2.26. The van der Waals surface area contributed by atoms with E-state index in [1.54, 1.807) is 0 Å². The van der Waals surface area contributed by atoms with Crippen LogP contribution in [-0.4, -0.2) is 19.2 Å². The summed E-state index contributed by atoms with van der Waals surface area (Å²) in [5.41, 5.74) is -0.136. The van der Waals surface area contributed by atoms with Crippen molar-refractivity contribution < 1.29 is 8.42 Å². The van der Waals surface area contributed by atoms with Crippen molar-refractivity contribution in [3.05, 3.63) is 0 Å². The van der Waals surface area contributed by atoms with Crippen molar-refractivity contribution in [2.24, 2.45) is 17.8 Å². The lowest BCUT2D eigenvalue weighted by Crippen LogP contribution is -2.59. The number of halogens is 1. The van der Waals surface area contributed by atoms with E-state index < -0.39 is 10.0 Å². The Labute approximate surface area is 102 Å². The van der Waals surface area contributed by atoms with Crippen molar-refractivity contribution in [2.75, 3.05) is 5.21 Å². The van der Waals surface area contributed by atoms with Crippen LogP contribution in [0.1, 0.15) is 38.5 Å². The van der Waals surface area contributed by atoms with Crippen LogP contribution in [0.2, 0.25) is 0 Å². The van der Waals surface area contributed by atoms with Crippen molar-refractivity contribution >= 4 is 21.6 Å². The summed E-state index contributed by atoms with van der Waals surface area (Å²) in [4.78, 5) is 0. The van der Waals surface area contributed by atoms with Crippen molar-refractivity contribution in [2.45, 2.75) is 44.1 Å². The van der Waals surface area contributed by atoms with Crippen LogP contribution in [0, 0.1) is 17.8 Å². The molecule has 0 spiro atoms. The Morgan fingerprint density at radius 3 is 1.88 bits per heavy atom. The fourth-order valence-corrected chi connectivity index (χ4v) is 5.72. The monoisotopic (exact) mass is 263 g/mol. The van der Waals surface area contributed by atoms with Gasteiger partial charge in [0.2, 0.25) is 10.0 Å². The number of sulfonamides is 1. The van der Waals surface area contributed by atoms with E-state index in [4.69, 9.17) is 11.6 Å². The summed E-state index contributed by atoms with van der Waals surface area (Å²) in [5, 5.41) is -0.311. The van der Waals surface area contributed by atoms with Gasteiger partial charge in [0.05, 0.1) is 0 Å². The van der Waals surface area contributed by atoms with Crippen LogP contribution < -0.4 is 4.72 Å². The molecule has 0 heterocycles. The van der Waals surface area contributed by atoms with Gasteiger partial charge >= 0.3 is 0 Å². The zero-order valence-electron chi connectivity index (χ0n) is 9.28. The third kappa shape index (κ3) is 1.89. The first-order chi connectivity index (χ1) is 7.50. The smallest absolute Gasteiger partial charge is 0.211 e. The van der Waals surface area contributed by atoms with E-state index >= 15 is 0 Å². The highest BCUT2D eigenvalue weighted by molar-refractivity contribution is 7.90. The molecule has 4 bridgehead atoms. The Balaban J connectivity index is 1.84. The lowest BCUT2D eigenvalue weighted by Gasteiger charge is -2.56. The van der Waals surface area contributed by atoms with Crippen molar-refractivity contribution in [3.63, 3.8) is 0 Å². The average molecular weight is 264 g/mol. The molecule has 5 heteroatoms. The van der Waals surface area contributed by atoms with E-state index in [2.05, 4.69) is 4.72 Å². The first-order valence-electron chi connectivity index (χ1n) is 6.08. The topological polar surface area (TPSA) is 46.2 Å². The van der Waals surface area contributed by atoms with Crippen LogP contribution in [0.15, 0.2) is 0 Å². The quantitative estimate of drug-likeness (QED) is 0.793. The molecule has 0 aromatic rings. The number of rotatable bonds is 3. The van der Waals surface area contributed by atoms with Crippen LogP contribution in [0.3, 0.4) is 0 Å². The highest BCUT2D eigenvalue weighted by Gasteiger charge is 2.52. The summed E-state index contributed by atoms with van der Waals surface area (Å²) >= 11 is 5.48. The molecule has 4 aliphatic rings. The second-order valence-electron chi connectivity index (χ2n) is 6.02. The van der Waals surface area contributed by atoms with Gasteiger partial charge in [-0.05, 0) is 56.3 Å². The molecule has 4 fully saturated rings. The first-order valence-corrected chi connectivity index (χ1v) is 8.27. The lowest BCUT2D eigenvalue weighted by molar-refractivity contribution is -0.00803. The normalized spacial score (nSPS) is 46.2. The maximum Gasteiger partial charge on any atom is 0.226 e. The highest BCUT2D eigenvalue weighted by atomic mass is 35.5. The van der Waals surface area contributed by atoms with Gasteiger partial charge in [0.1, 0.15) is 5.21 Å². The first kappa shape index (κ1) is 11.3. The van der Waals surface area contributed by atoms with Gasteiger partial charge in [-0.2, -0.15) is 0 Å². The minimum atomic E-state index is -3.27. The van der Waals surface area contributed by atoms with Gasteiger partial charge < -0.3 is 0 Å². The van der Waals surface area contributed by atoms with Crippen molar-refractivity contribution in [1.82, 2.24) is 4.72 Å². The molecule has 92 valence electrons. The minimum Gasteiger partial charge on any atom is -0.211 e. The van der Waals surface area contributed by atoms with Crippen LogP contribution in [0.5, 0.6) is 0 Å². The lowest BCUT2D eigenvalue weighted by atomic mass is 9.53. The van der Waals surface area contributed by atoms with Gasteiger partial charge in [0, 0.05) is 5.54 Å². The number of nitrogens with one attached hydrogen (secondary N) is 1. The Kier molecular flexibility index (Phi) is 2.54. The van der Waals surface area contributed by atoms with E-state index in [-0.39, 0.29) is 10.8 Å². The Morgan fingerprint density at radius 2 is 1.50 bits per heavy atom. The molecule has 0 aliphatic heterocycles. The minimum absolute atomic E-state index is 0.136. The standard InChI is InChI=1S/C11H18ClNO2S/c12-7-16(14,15)13-11-4-8-1-9(5-11)3-10(2-8)6-11/h8-10,13H,1-7H2. The maximum absolute atomic E-state index is 11.6. The fraction of sp³-hybridized carbons (Fsp3) is 1.00. The molecule has 0 radical (unpaired) electrons. The van der Waals surface area contributed by atoms with E-state index in [0.717, 1.165) is 37.0 Å². The van der Waals surface area contributed by atoms with E-state index in [1.807, 2.05) is 0 Å². The summed E-state index contributed by atoms with van der Waals surface area (Å²) < 4.78 is 26.2. The molecule has 3 nitrogen and oxygen atoms in total. The highest BCUT2D eigenvalue weighted by Crippen LogP contribution is 2.55. The maximum atomic E-state index is 11.6. The second-order valence-corrected chi connectivity index (χ2v) is 8.33. The Bertz CT molecular complexity index is 358. The van der Waals surface area contributed by atoms with Crippen LogP contribution in [0.4, 0.5) is 0 Å². The van der Waals surface area contributed by atoms with Gasteiger partial charge in [0.25, 0.3) is 0 Å². The fourth-order valence-electron chi connectivity index (χ4n) is 4.59. The van der Waals surface area contributed by atoms with Crippen LogP contribution >= 0.6 is 11.6 Å². The van der Waals surface area contributed by atoms with Gasteiger partial charge in [0.15, 0.2) is 0 Å². The predicted octanol–water partition coefficient (Wildman–Crippen LogP) is 2.07. The molecule has 0 saturated heterocycles. The van der Waals surface area contributed by atoms with Gasteiger partial charge in [-0.3, -0.25) is 0 Å². The zero-order chi connectivity index (χ0) is 11.4. The largest absolute Gasteiger partial charge is 0.226 e. The molecule has 4 rings (SSSR count). The molecule has 4 aliphatic carbocycles. The van der Waals surface area contributed by atoms with Crippen molar-refractivity contribution in [1.29, 1.82) is 0 Å². The molecule has 0 aromatic carbocycles. The third-order valence-corrected chi connectivity index (χ3v) is 6.45. The third-order valence-electron chi connectivity index (χ3n) is 4.55. The summed E-state index contributed by atoms with van der Waals surface area (Å²) in [6.07, 6.45) is 7.07. The van der Waals surface area contributed by atoms with E-state index in [0.29, 0.717) is 0 Å². The SMILES string of the molecule is O=S(=O)(CCl)NC12CC3CC(CC(C3)C1)C2. The zero-order valence-corrected chi connectivity index (χ0v) is 10.9. The summed E-state index contributed by atoms with van der Waals surface area (Å²) in [7, 11) is -3.27. The molecule has 1 N–H and O–H groups in total. The predicted molar refractivity (Wildman–Crippen MR) is 63.7 cm³/mol. The molecule has 0 unspecified atom stereocenters. The molecule has 0 amide bonds. The van der Waals surface area contributed by atoms with E-state index in [9.17, 15) is 8.42 Å². The Morgan fingerprint density at radius 1 is 1.06 bits per heavy atom. The molecule has 0 atom stereocenters. The van der Waals surface area contributed by atoms with Crippen LogP contribution in [-0.2, 0) is 10.0 Å². The van der Waals surface area contributed by atoms with Gasteiger partial charge in [-0.15, -0.1) is 11.6 Å². The van der Waals surface area contributed by atoms with E-state index in [1.165, 1.54) is 19.3 Å². The Hall–Kier alpha value is 0.200. The average Bonchev–Trinajstić information content (AvgIpc) is 2.13. The van der Waals surface area contributed by atoms with Crippen molar-refractivity contribution in [3.8, 4) is 0 Å². The van der Waals surface area contributed by atoms with Gasteiger partial charge in [-0.25, -0.2) is 13.1 Å². The molecular weight excluding hydrogens is 246 g/mol. The van der Waals surface area contributed by atoms with Gasteiger partial charge in [-0.1, -0.05) is 0 Å². The summed E-state index contributed by atoms with van der Waals surface area (Å²) in [6, 6.07) is 0.